The van der Waals surface area contributed by atoms with E-state index in [1.54, 1.807) is 31.4 Å². The van der Waals surface area contributed by atoms with Crippen LogP contribution in [0, 0.1) is 0 Å². The number of hydrogen-bond acceptors (Lipinski definition) is 10. The number of methoxy groups -OCH3 is 1. The van der Waals surface area contributed by atoms with Gasteiger partial charge in [0.2, 0.25) is 5.91 Å². The van der Waals surface area contributed by atoms with Crippen LogP contribution >= 0.6 is 0 Å². The average Bonchev–Trinajstić information content (AvgIpc) is 3.03. The monoisotopic (exact) mass is 627 g/mol. The third-order valence-corrected chi connectivity index (χ3v) is 8.32. The first-order valence-corrected chi connectivity index (χ1v) is 16.4. The molecule has 1 heterocycles. The van der Waals surface area contributed by atoms with E-state index in [9.17, 15) is 35.4 Å². The molecule has 11 heteroatoms. The Morgan fingerprint density at radius 2 is 1.43 bits per heavy atom. The Morgan fingerprint density at radius 1 is 0.864 bits per heavy atom. The van der Waals surface area contributed by atoms with Crippen molar-refractivity contribution in [1.29, 1.82) is 0 Å². The molecule has 0 radical (unpaired) electrons. The summed E-state index contributed by atoms with van der Waals surface area (Å²) < 4.78 is 16.2. The molecule has 0 bridgehead atoms. The number of rotatable bonds is 23. The Kier molecular flexibility index (Phi) is 19.0. The number of aliphatic hydroxyl groups excluding tert-OH is 6. The van der Waals surface area contributed by atoms with Gasteiger partial charge in [-0.2, -0.15) is 0 Å². The maximum atomic E-state index is 12.9. The van der Waals surface area contributed by atoms with E-state index in [1.807, 2.05) is 0 Å². The molecule has 1 aliphatic heterocycles. The van der Waals surface area contributed by atoms with Gasteiger partial charge in [-0.15, -0.1) is 0 Å². The number of ether oxygens (including phenoxy) is 3. The number of unbranched alkanes of at least 4 members (excludes halogenated alkanes) is 11. The lowest BCUT2D eigenvalue weighted by Crippen LogP contribution is -2.60. The third-order valence-electron chi connectivity index (χ3n) is 8.32. The quantitative estimate of drug-likeness (QED) is 0.0891. The summed E-state index contributed by atoms with van der Waals surface area (Å²) in [5.74, 6) is 0.227. The minimum atomic E-state index is -1.63. The summed E-state index contributed by atoms with van der Waals surface area (Å²) in [6.07, 6.45) is 4.55. The Labute approximate surface area is 262 Å². The minimum Gasteiger partial charge on any atom is -0.497 e. The molecule has 44 heavy (non-hydrogen) atoms. The van der Waals surface area contributed by atoms with Gasteiger partial charge in [0.05, 0.1) is 38.9 Å². The zero-order valence-electron chi connectivity index (χ0n) is 26.6. The maximum absolute atomic E-state index is 12.9. The maximum Gasteiger partial charge on any atom is 0.224 e. The van der Waals surface area contributed by atoms with Crippen molar-refractivity contribution in [2.45, 2.75) is 146 Å². The molecule has 5 unspecified atom stereocenters. The predicted molar refractivity (Wildman–Crippen MR) is 166 cm³/mol. The molecule has 1 aliphatic rings. The van der Waals surface area contributed by atoms with E-state index >= 15 is 0 Å². The molecule has 1 aromatic rings. The Morgan fingerprint density at radius 3 is 1.98 bits per heavy atom. The topological polar surface area (TPSA) is 178 Å². The highest BCUT2D eigenvalue weighted by molar-refractivity contribution is 5.79. The van der Waals surface area contributed by atoms with Gasteiger partial charge in [0.15, 0.2) is 6.29 Å². The summed E-state index contributed by atoms with van der Waals surface area (Å²) in [5, 5.41) is 64.4. The Balaban J connectivity index is 1.87. The molecule has 1 saturated heterocycles. The highest BCUT2D eigenvalue weighted by atomic mass is 16.7. The number of amides is 1. The van der Waals surface area contributed by atoms with Crippen LogP contribution in [0.25, 0.3) is 0 Å². The second-order valence-electron chi connectivity index (χ2n) is 12.0. The van der Waals surface area contributed by atoms with Crippen molar-refractivity contribution in [2.24, 2.45) is 0 Å². The van der Waals surface area contributed by atoms with E-state index in [-0.39, 0.29) is 13.0 Å². The smallest absolute Gasteiger partial charge is 0.224 e. The van der Waals surface area contributed by atoms with Crippen molar-refractivity contribution in [2.75, 3.05) is 20.3 Å². The first-order valence-electron chi connectivity index (χ1n) is 16.4. The van der Waals surface area contributed by atoms with Crippen molar-refractivity contribution in [3.63, 3.8) is 0 Å². The molecular formula is C33H57NO10. The van der Waals surface area contributed by atoms with Gasteiger partial charge in [-0.05, 0) is 24.1 Å². The lowest BCUT2D eigenvalue weighted by molar-refractivity contribution is -0.303. The van der Waals surface area contributed by atoms with E-state index in [0.29, 0.717) is 17.7 Å². The predicted octanol–water partition coefficient (Wildman–Crippen LogP) is 2.35. The molecular weight excluding hydrogens is 570 g/mol. The van der Waals surface area contributed by atoms with Gasteiger partial charge in [-0.25, -0.2) is 0 Å². The van der Waals surface area contributed by atoms with Gasteiger partial charge in [0.25, 0.3) is 0 Å². The van der Waals surface area contributed by atoms with Crippen molar-refractivity contribution in [1.82, 2.24) is 5.32 Å². The molecule has 0 spiro atoms. The summed E-state index contributed by atoms with van der Waals surface area (Å²) in [6.45, 7) is 1.24. The van der Waals surface area contributed by atoms with E-state index in [2.05, 4.69) is 12.2 Å². The fourth-order valence-corrected chi connectivity index (χ4v) is 5.45. The van der Waals surface area contributed by atoms with E-state index in [1.165, 1.54) is 51.4 Å². The SMILES string of the molecule is CCCCCCCCCCCCCC[C@@H](O)[C@@H](O)[C@H](COC1OC(CO)C(O)C(O)C1O)NC(=O)Cc1ccc(OC)cc1. The standard InChI is InChI=1S/C33H57NO10/c1-3-4-5-6-7-8-9-10-11-12-13-14-15-26(36)29(38)25(34-28(37)20-23-16-18-24(42-2)19-17-23)22-43-33-32(41)31(40)30(39)27(21-35)44-33/h16-19,25-27,29-33,35-36,38-41H,3-15,20-22H2,1-2H3,(H,34,37)/t25-,26+,27?,29-,30?,31?,32?,33?/m0/s1. The Hall–Kier alpha value is -1.83. The van der Waals surface area contributed by atoms with Crippen LogP contribution in [0.2, 0.25) is 0 Å². The summed E-state index contributed by atoms with van der Waals surface area (Å²) >= 11 is 0. The van der Waals surface area contributed by atoms with E-state index < -0.39 is 61.5 Å². The lowest BCUT2D eigenvalue weighted by Gasteiger charge is -2.40. The zero-order valence-corrected chi connectivity index (χ0v) is 26.6. The van der Waals surface area contributed by atoms with Crippen LogP contribution in [0.4, 0.5) is 0 Å². The highest BCUT2D eigenvalue weighted by Gasteiger charge is 2.44. The molecule has 0 aromatic heterocycles. The minimum absolute atomic E-state index is 0.00208. The normalized spacial score (nSPS) is 24.0. The van der Waals surface area contributed by atoms with Gasteiger partial charge in [-0.3, -0.25) is 4.79 Å². The van der Waals surface area contributed by atoms with E-state index in [4.69, 9.17) is 14.2 Å². The van der Waals surface area contributed by atoms with Crippen LogP contribution in [0.1, 0.15) is 96.0 Å². The first kappa shape index (κ1) is 38.4. The zero-order chi connectivity index (χ0) is 32.3. The van der Waals surface area contributed by atoms with Crippen LogP contribution in [0.3, 0.4) is 0 Å². The van der Waals surface area contributed by atoms with Crippen molar-refractivity contribution < 1.29 is 49.6 Å². The van der Waals surface area contributed by atoms with Gasteiger partial charge in [0, 0.05) is 0 Å². The molecule has 1 amide bonds. The summed E-state index contributed by atoms with van der Waals surface area (Å²) in [7, 11) is 1.55. The Bertz CT molecular complexity index is 886. The van der Waals surface area contributed by atoms with Crippen molar-refractivity contribution in [3.05, 3.63) is 29.8 Å². The van der Waals surface area contributed by atoms with Gasteiger partial charge in [-0.1, -0.05) is 96.1 Å². The third kappa shape index (κ3) is 13.7. The van der Waals surface area contributed by atoms with Crippen molar-refractivity contribution >= 4 is 5.91 Å². The van der Waals surface area contributed by atoms with E-state index in [0.717, 1.165) is 25.7 Å². The summed E-state index contributed by atoms with van der Waals surface area (Å²) in [6, 6.07) is 5.89. The average molecular weight is 628 g/mol. The largest absolute Gasteiger partial charge is 0.497 e. The second-order valence-corrected chi connectivity index (χ2v) is 12.0. The number of nitrogens with one attached hydrogen (secondary N) is 1. The number of hydrogen-bond donors (Lipinski definition) is 7. The molecule has 0 saturated carbocycles. The summed E-state index contributed by atoms with van der Waals surface area (Å²) in [5.41, 5.74) is 0.712. The fraction of sp³-hybridized carbons (Fsp3) is 0.788. The van der Waals surface area contributed by atoms with Crippen LogP contribution in [-0.4, -0.2) is 106 Å². The van der Waals surface area contributed by atoms with Crippen LogP contribution in [0.5, 0.6) is 5.75 Å². The highest BCUT2D eigenvalue weighted by Crippen LogP contribution is 2.23. The molecule has 254 valence electrons. The first-order chi connectivity index (χ1) is 21.2. The van der Waals surface area contributed by atoms with Crippen LogP contribution in [0.15, 0.2) is 24.3 Å². The summed E-state index contributed by atoms with van der Waals surface area (Å²) in [4.78, 5) is 12.9. The van der Waals surface area contributed by atoms with Gasteiger partial charge < -0.3 is 50.2 Å². The molecule has 7 N–H and O–H groups in total. The molecule has 2 rings (SSSR count). The second kappa shape index (κ2) is 21.8. The number of carbonyl (C=O) groups is 1. The lowest BCUT2D eigenvalue weighted by atomic mass is 9.98. The molecule has 1 aromatic carbocycles. The molecule has 11 nitrogen and oxygen atoms in total. The number of benzene rings is 1. The molecule has 8 atom stereocenters. The fourth-order valence-electron chi connectivity index (χ4n) is 5.45. The van der Waals surface area contributed by atoms with Gasteiger partial charge >= 0.3 is 0 Å². The van der Waals surface area contributed by atoms with Crippen LogP contribution < -0.4 is 10.1 Å². The van der Waals surface area contributed by atoms with Gasteiger partial charge in [0.1, 0.15) is 36.3 Å². The number of carbonyl (C=O) groups excluding carboxylic acids is 1. The van der Waals surface area contributed by atoms with Crippen LogP contribution in [-0.2, 0) is 20.7 Å². The number of aliphatic hydroxyl groups is 6. The molecule has 1 fully saturated rings. The molecule has 0 aliphatic carbocycles. The van der Waals surface area contributed by atoms with Crippen molar-refractivity contribution in [3.8, 4) is 5.75 Å².